The summed E-state index contributed by atoms with van der Waals surface area (Å²) in [5.74, 6) is 1.39. The van der Waals surface area contributed by atoms with Crippen LogP contribution in [0.5, 0.6) is 0 Å². The molecule has 6 heteroatoms. The second-order valence-electron chi connectivity index (χ2n) is 6.10. The monoisotopic (exact) mass is 295 g/mol. The number of aryl methyl sites for hydroxylation is 2. The molecular formula is C14H22ClN5. The Bertz CT molecular complexity index is 636. The van der Waals surface area contributed by atoms with Crippen LogP contribution in [0.4, 0.5) is 0 Å². The molecule has 110 valence electrons. The fourth-order valence-corrected chi connectivity index (χ4v) is 3.48. The van der Waals surface area contributed by atoms with Crippen molar-refractivity contribution < 1.29 is 0 Å². The van der Waals surface area contributed by atoms with E-state index in [1.165, 1.54) is 19.3 Å². The molecule has 0 bridgehead atoms. The summed E-state index contributed by atoms with van der Waals surface area (Å²) in [7, 11) is 6.32. The lowest BCUT2D eigenvalue weighted by Crippen LogP contribution is -2.53. The zero-order valence-electron chi connectivity index (χ0n) is 12.6. The summed E-state index contributed by atoms with van der Waals surface area (Å²) in [4.78, 5) is 7.03. The summed E-state index contributed by atoms with van der Waals surface area (Å²) in [6, 6.07) is 0. The molecule has 0 aliphatic heterocycles. The van der Waals surface area contributed by atoms with Crippen LogP contribution in [-0.4, -0.2) is 43.9 Å². The van der Waals surface area contributed by atoms with Gasteiger partial charge in [-0.05, 0) is 40.3 Å². The Kier molecular flexibility index (Phi) is 3.29. The van der Waals surface area contributed by atoms with Crippen LogP contribution in [-0.2, 0) is 19.5 Å². The normalized spacial score (nSPS) is 17.9. The molecule has 1 aliphatic rings. The molecule has 0 saturated heterocycles. The van der Waals surface area contributed by atoms with Gasteiger partial charge in [-0.2, -0.15) is 5.10 Å². The topological polar surface area (TPSA) is 38.9 Å². The van der Waals surface area contributed by atoms with Crippen molar-refractivity contribution >= 4 is 22.8 Å². The van der Waals surface area contributed by atoms with E-state index in [1.807, 2.05) is 18.7 Å². The zero-order valence-corrected chi connectivity index (χ0v) is 13.4. The van der Waals surface area contributed by atoms with Crippen LogP contribution in [0.2, 0.25) is 0 Å². The maximum absolute atomic E-state index is 6.11. The predicted octanol–water partition coefficient (Wildman–Crippen LogP) is 2.30. The van der Waals surface area contributed by atoms with Crippen LogP contribution in [0.15, 0.2) is 0 Å². The summed E-state index contributed by atoms with van der Waals surface area (Å²) in [5.41, 5.74) is 3.29. The van der Waals surface area contributed by atoms with E-state index >= 15 is 0 Å². The highest BCUT2D eigenvalue weighted by molar-refractivity contribution is 6.16. The molecule has 1 aliphatic carbocycles. The van der Waals surface area contributed by atoms with Gasteiger partial charge in [-0.15, -0.1) is 11.6 Å². The number of halogens is 1. The molecule has 5 nitrogen and oxygen atoms in total. The van der Waals surface area contributed by atoms with Gasteiger partial charge in [-0.1, -0.05) is 0 Å². The fourth-order valence-electron chi connectivity index (χ4n) is 3.27. The van der Waals surface area contributed by atoms with Crippen LogP contribution in [0.3, 0.4) is 0 Å². The highest BCUT2D eigenvalue weighted by atomic mass is 35.5. The van der Waals surface area contributed by atoms with Gasteiger partial charge in [0.05, 0.1) is 11.6 Å². The minimum atomic E-state index is 0.243. The predicted molar refractivity (Wildman–Crippen MR) is 81.1 cm³/mol. The van der Waals surface area contributed by atoms with Crippen molar-refractivity contribution in [2.75, 3.05) is 14.1 Å². The molecule has 20 heavy (non-hydrogen) atoms. The Morgan fingerprint density at radius 1 is 1.35 bits per heavy atom. The first-order chi connectivity index (χ1) is 9.48. The third-order valence-corrected chi connectivity index (χ3v) is 5.01. The molecule has 0 N–H and O–H groups in total. The number of likely N-dealkylation sites (N-methyl/N-ethyl adjacent to an activating group) is 1. The Morgan fingerprint density at radius 3 is 2.55 bits per heavy atom. The van der Waals surface area contributed by atoms with E-state index in [0.29, 0.717) is 5.88 Å². The minimum absolute atomic E-state index is 0.243. The van der Waals surface area contributed by atoms with Gasteiger partial charge in [-0.3, -0.25) is 4.68 Å². The second-order valence-corrected chi connectivity index (χ2v) is 6.37. The van der Waals surface area contributed by atoms with Gasteiger partial charge in [0.1, 0.15) is 11.3 Å². The van der Waals surface area contributed by atoms with Gasteiger partial charge in [0.15, 0.2) is 5.65 Å². The molecule has 0 aromatic carbocycles. The molecule has 1 saturated carbocycles. The van der Waals surface area contributed by atoms with Crippen molar-refractivity contribution in [1.82, 2.24) is 24.2 Å². The number of nitrogens with zero attached hydrogens (tertiary/aromatic N) is 5. The van der Waals surface area contributed by atoms with Crippen LogP contribution in [0, 0.1) is 6.92 Å². The first-order valence-corrected chi connectivity index (χ1v) is 7.64. The van der Waals surface area contributed by atoms with Gasteiger partial charge in [-0.25, -0.2) is 4.98 Å². The van der Waals surface area contributed by atoms with Crippen LogP contribution in [0.25, 0.3) is 11.2 Å². The average Bonchev–Trinajstić information content (AvgIpc) is 2.83. The molecule has 2 heterocycles. The molecule has 3 rings (SSSR count). The lowest BCUT2D eigenvalue weighted by Gasteiger charge is -2.47. The molecule has 0 amide bonds. The van der Waals surface area contributed by atoms with Crippen molar-refractivity contribution in [2.45, 2.75) is 44.1 Å². The lowest BCUT2D eigenvalue weighted by atomic mass is 9.75. The highest BCUT2D eigenvalue weighted by Gasteiger charge is 2.40. The van der Waals surface area contributed by atoms with Crippen LogP contribution >= 0.6 is 11.6 Å². The zero-order chi connectivity index (χ0) is 14.5. The Morgan fingerprint density at radius 2 is 2.05 bits per heavy atom. The third-order valence-electron chi connectivity index (χ3n) is 4.77. The van der Waals surface area contributed by atoms with Gasteiger partial charge in [0.2, 0.25) is 0 Å². The summed E-state index contributed by atoms with van der Waals surface area (Å²) >= 11 is 6.11. The maximum Gasteiger partial charge on any atom is 0.158 e. The molecule has 0 radical (unpaired) electrons. The number of alkyl halides is 1. The maximum atomic E-state index is 6.11. The van der Waals surface area contributed by atoms with Crippen molar-refractivity contribution in [3.63, 3.8) is 0 Å². The van der Waals surface area contributed by atoms with Crippen molar-refractivity contribution in [3.05, 3.63) is 11.5 Å². The summed E-state index contributed by atoms with van der Waals surface area (Å²) in [6.07, 6.45) is 3.77. The lowest BCUT2D eigenvalue weighted by molar-refractivity contribution is 0.0426. The van der Waals surface area contributed by atoms with Gasteiger partial charge in [0.25, 0.3) is 0 Å². The Hall–Kier alpha value is -1.07. The number of hydrogen-bond acceptors (Lipinski definition) is 3. The molecule has 0 atom stereocenters. The number of imidazole rings is 1. The average molecular weight is 296 g/mol. The molecule has 0 spiro atoms. The first-order valence-electron chi connectivity index (χ1n) is 7.10. The highest BCUT2D eigenvalue weighted by Crippen LogP contribution is 2.38. The second kappa shape index (κ2) is 4.74. The van der Waals surface area contributed by atoms with Gasteiger partial charge < -0.3 is 9.47 Å². The summed E-state index contributed by atoms with van der Waals surface area (Å²) < 4.78 is 4.19. The number of hydrogen-bond donors (Lipinski definition) is 0. The van der Waals surface area contributed by atoms with Gasteiger partial charge in [0, 0.05) is 19.1 Å². The quantitative estimate of drug-likeness (QED) is 0.813. The molecule has 0 unspecified atom stereocenters. The van der Waals surface area contributed by atoms with E-state index in [4.69, 9.17) is 11.6 Å². The number of fused-ring (bicyclic) bond motifs is 1. The van der Waals surface area contributed by atoms with Gasteiger partial charge >= 0.3 is 0 Å². The smallest absolute Gasteiger partial charge is 0.158 e. The number of aromatic nitrogens is 4. The summed E-state index contributed by atoms with van der Waals surface area (Å²) in [5, 5.41) is 4.48. The molecular weight excluding hydrogens is 274 g/mol. The van der Waals surface area contributed by atoms with Crippen LogP contribution in [0.1, 0.15) is 30.8 Å². The molecule has 2 aromatic heterocycles. The van der Waals surface area contributed by atoms with E-state index in [2.05, 4.69) is 33.6 Å². The van der Waals surface area contributed by atoms with Crippen LogP contribution < -0.4 is 0 Å². The third kappa shape index (κ3) is 1.87. The van der Waals surface area contributed by atoms with E-state index < -0.39 is 0 Å². The molecule has 2 aromatic rings. The molecule has 1 fully saturated rings. The van der Waals surface area contributed by atoms with E-state index in [0.717, 1.165) is 29.2 Å². The standard InChI is InChI=1S/C14H22ClN5/c1-10-12-13(19(4)17-10)20(11(8-15)16-12)9-14(18(2)3)6-5-7-14/h5-9H2,1-4H3. The Labute approximate surface area is 124 Å². The largest absolute Gasteiger partial charge is 0.310 e. The van der Waals surface area contributed by atoms with Crippen molar-refractivity contribution in [1.29, 1.82) is 0 Å². The van der Waals surface area contributed by atoms with E-state index in [1.54, 1.807) is 0 Å². The van der Waals surface area contributed by atoms with Crippen molar-refractivity contribution in [3.8, 4) is 0 Å². The van der Waals surface area contributed by atoms with Crippen molar-refractivity contribution in [2.24, 2.45) is 7.05 Å². The van der Waals surface area contributed by atoms with E-state index in [-0.39, 0.29) is 5.54 Å². The first kappa shape index (κ1) is 13.9. The number of rotatable bonds is 4. The summed E-state index contributed by atoms with van der Waals surface area (Å²) in [6.45, 7) is 2.94. The minimum Gasteiger partial charge on any atom is -0.310 e. The fraction of sp³-hybridized carbons (Fsp3) is 0.714. The van der Waals surface area contributed by atoms with E-state index in [9.17, 15) is 0 Å². The SMILES string of the molecule is Cc1nn(C)c2c1nc(CCl)n2CC1(N(C)C)CCC1. The Balaban J connectivity index is 2.10.